The van der Waals surface area contributed by atoms with E-state index < -0.39 is 8.07 Å². The maximum Gasteiger partial charge on any atom is 0.0793 e. The molecule has 25 heavy (non-hydrogen) atoms. The zero-order valence-electron chi connectivity index (χ0n) is 17.0. The summed E-state index contributed by atoms with van der Waals surface area (Å²) >= 11 is 0. The van der Waals surface area contributed by atoms with Crippen molar-refractivity contribution in [2.75, 3.05) is 0 Å². The quantitative estimate of drug-likeness (QED) is 0.295. The van der Waals surface area contributed by atoms with Crippen molar-refractivity contribution in [1.82, 2.24) is 0 Å². The summed E-state index contributed by atoms with van der Waals surface area (Å²) in [5.41, 5.74) is 1.54. The Balaban J connectivity index is 2.03. The van der Waals surface area contributed by atoms with Crippen molar-refractivity contribution in [1.29, 1.82) is 0 Å². The average Bonchev–Trinajstić information content (AvgIpc) is 2.62. The minimum absolute atomic E-state index is 0.971. The Bertz CT molecular complexity index is 494. The Labute approximate surface area is 158 Å². The van der Waals surface area contributed by atoms with Gasteiger partial charge in [0.2, 0.25) is 0 Å². The second kappa shape index (κ2) is 11.0. The standard InChI is InChI=1S/C24H40Si/c1-4-5-6-7-14-19-24(20-22-15-10-8-11-16-22)25(2,3)21-23-17-12-9-13-18-23/h9,12-13,17-19,22H,4-8,10-11,14-16,20-21H2,1-3H3/b24-19-. The molecule has 0 spiro atoms. The van der Waals surface area contributed by atoms with E-state index in [9.17, 15) is 0 Å². The van der Waals surface area contributed by atoms with Crippen LogP contribution in [0.4, 0.5) is 0 Å². The van der Waals surface area contributed by atoms with E-state index in [4.69, 9.17) is 0 Å². The normalized spacial score (nSPS) is 17.0. The molecule has 1 saturated carbocycles. The van der Waals surface area contributed by atoms with Crippen LogP contribution in [0.2, 0.25) is 13.1 Å². The molecule has 2 rings (SSSR count). The van der Waals surface area contributed by atoms with E-state index in [-0.39, 0.29) is 0 Å². The van der Waals surface area contributed by atoms with Crippen LogP contribution in [0.15, 0.2) is 41.6 Å². The van der Waals surface area contributed by atoms with Crippen molar-refractivity contribution in [3.63, 3.8) is 0 Å². The number of benzene rings is 1. The smallest absolute Gasteiger partial charge is 0.0793 e. The second-order valence-electron chi connectivity index (χ2n) is 8.83. The van der Waals surface area contributed by atoms with Crippen LogP contribution in [-0.4, -0.2) is 8.07 Å². The molecule has 0 N–H and O–H groups in total. The van der Waals surface area contributed by atoms with Crippen molar-refractivity contribution >= 4 is 8.07 Å². The van der Waals surface area contributed by atoms with Crippen molar-refractivity contribution in [3.8, 4) is 0 Å². The van der Waals surface area contributed by atoms with Gasteiger partial charge in [0.15, 0.2) is 0 Å². The van der Waals surface area contributed by atoms with E-state index in [2.05, 4.69) is 56.4 Å². The van der Waals surface area contributed by atoms with Crippen molar-refractivity contribution in [2.24, 2.45) is 5.92 Å². The van der Waals surface area contributed by atoms with Gasteiger partial charge in [-0.15, -0.1) is 0 Å². The monoisotopic (exact) mass is 356 g/mol. The fourth-order valence-corrected chi connectivity index (χ4v) is 7.43. The Hall–Kier alpha value is -0.823. The summed E-state index contributed by atoms with van der Waals surface area (Å²) in [6, 6.07) is 12.5. The fourth-order valence-electron chi connectivity index (χ4n) is 4.41. The van der Waals surface area contributed by atoms with E-state index in [0.29, 0.717) is 0 Å². The lowest BCUT2D eigenvalue weighted by Gasteiger charge is -2.31. The van der Waals surface area contributed by atoms with Crippen molar-refractivity contribution in [2.45, 2.75) is 96.7 Å². The molecule has 0 unspecified atom stereocenters. The molecule has 1 heteroatoms. The van der Waals surface area contributed by atoms with Gasteiger partial charge in [0.25, 0.3) is 0 Å². The van der Waals surface area contributed by atoms with Crippen LogP contribution in [0.1, 0.15) is 83.1 Å². The van der Waals surface area contributed by atoms with Crippen molar-refractivity contribution in [3.05, 3.63) is 47.2 Å². The summed E-state index contributed by atoms with van der Waals surface area (Å²) < 4.78 is 0. The number of unbranched alkanes of at least 4 members (excludes halogenated alkanes) is 4. The molecule has 0 radical (unpaired) electrons. The summed E-state index contributed by atoms with van der Waals surface area (Å²) in [5, 5.41) is 1.87. The first-order chi connectivity index (χ1) is 12.1. The van der Waals surface area contributed by atoms with Gasteiger partial charge in [-0.25, -0.2) is 0 Å². The summed E-state index contributed by atoms with van der Waals surface area (Å²) in [4.78, 5) is 0. The van der Waals surface area contributed by atoms with Gasteiger partial charge < -0.3 is 0 Å². The lowest BCUT2D eigenvalue weighted by Crippen LogP contribution is -2.34. The predicted octanol–water partition coefficient (Wildman–Crippen LogP) is 7.88. The molecule has 0 heterocycles. The third kappa shape index (κ3) is 7.52. The molecule has 0 bridgehead atoms. The SMILES string of the molecule is CCCCCC/C=C(/CC1CCCCC1)[Si](C)(C)Cc1ccccc1. The van der Waals surface area contributed by atoms with E-state index in [1.54, 1.807) is 5.56 Å². The molecule has 0 nitrogen and oxygen atoms in total. The van der Waals surface area contributed by atoms with Crippen LogP contribution in [0.3, 0.4) is 0 Å². The highest BCUT2D eigenvalue weighted by molar-refractivity contribution is 6.83. The van der Waals surface area contributed by atoms with Gasteiger partial charge in [0, 0.05) is 0 Å². The molecule has 0 atom stereocenters. The van der Waals surface area contributed by atoms with Gasteiger partial charge in [0.05, 0.1) is 8.07 Å². The first-order valence-corrected chi connectivity index (χ1v) is 14.1. The highest BCUT2D eigenvalue weighted by Gasteiger charge is 2.28. The predicted molar refractivity (Wildman–Crippen MR) is 116 cm³/mol. The molecule has 0 saturated heterocycles. The molecule has 1 aromatic carbocycles. The van der Waals surface area contributed by atoms with E-state index in [1.165, 1.54) is 76.7 Å². The first-order valence-electron chi connectivity index (χ1n) is 10.9. The van der Waals surface area contributed by atoms with Crippen LogP contribution in [0, 0.1) is 5.92 Å². The van der Waals surface area contributed by atoms with Gasteiger partial charge >= 0.3 is 0 Å². The van der Waals surface area contributed by atoms with E-state index >= 15 is 0 Å². The highest BCUT2D eigenvalue weighted by Crippen LogP contribution is 2.33. The summed E-state index contributed by atoms with van der Waals surface area (Å²) in [7, 11) is -1.36. The molecule has 1 aliphatic carbocycles. The molecular formula is C24H40Si. The molecule has 1 aromatic rings. The molecule has 0 aromatic heterocycles. The van der Waals surface area contributed by atoms with Gasteiger partial charge in [-0.1, -0.05) is 119 Å². The van der Waals surface area contributed by atoms with Gasteiger partial charge in [-0.3, -0.25) is 0 Å². The van der Waals surface area contributed by atoms with Crippen LogP contribution in [0.25, 0.3) is 0 Å². The molecule has 1 aliphatic rings. The zero-order chi connectivity index (χ0) is 18.0. The summed E-state index contributed by atoms with van der Waals surface area (Å²) in [5.74, 6) is 0.971. The number of hydrogen-bond donors (Lipinski definition) is 0. The maximum atomic E-state index is 2.69. The third-order valence-electron chi connectivity index (χ3n) is 6.04. The molecule has 140 valence electrons. The number of rotatable bonds is 10. The Morgan fingerprint density at radius 2 is 1.72 bits per heavy atom. The van der Waals surface area contributed by atoms with Crippen LogP contribution >= 0.6 is 0 Å². The third-order valence-corrected chi connectivity index (χ3v) is 9.48. The lowest BCUT2D eigenvalue weighted by atomic mass is 9.87. The number of hydrogen-bond acceptors (Lipinski definition) is 0. The molecular weight excluding hydrogens is 316 g/mol. The van der Waals surface area contributed by atoms with E-state index in [1.807, 2.05) is 5.20 Å². The minimum Gasteiger partial charge on any atom is -0.0891 e. The Morgan fingerprint density at radius 3 is 2.40 bits per heavy atom. The van der Waals surface area contributed by atoms with Crippen LogP contribution < -0.4 is 0 Å². The van der Waals surface area contributed by atoms with E-state index in [0.717, 1.165) is 5.92 Å². The fraction of sp³-hybridized carbons (Fsp3) is 0.667. The topological polar surface area (TPSA) is 0 Å². The van der Waals surface area contributed by atoms with Crippen molar-refractivity contribution < 1.29 is 0 Å². The minimum atomic E-state index is -1.36. The number of allylic oxidation sites excluding steroid dienone is 2. The van der Waals surface area contributed by atoms with Gasteiger partial charge in [-0.05, 0) is 31.2 Å². The molecule has 0 amide bonds. The highest BCUT2D eigenvalue weighted by atomic mass is 28.3. The first kappa shape index (κ1) is 20.5. The molecule has 0 aliphatic heterocycles. The summed E-state index contributed by atoms with van der Waals surface area (Å²) in [6.07, 6.45) is 18.3. The molecule has 1 fully saturated rings. The Kier molecular flexibility index (Phi) is 9.02. The van der Waals surface area contributed by atoms with Gasteiger partial charge in [-0.2, -0.15) is 0 Å². The summed E-state index contributed by atoms with van der Waals surface area (Å²) in [6.45, 7) is 7.53. The maximum absolute atomic E-state index is 2.69. The largest absolute Gasteiger partial charge is 0.0891 e. The van der Waals surface area contributed by atoms with Crippen LogP contribution in [0.5, 0.6) is 0 Å². The van der Waals surface area contributed by atoms with Crippen LogP contribution in [-0.2, 0) is 6.04 Å². The Morgan fingerprint density at radius 1 is 1.00 bits per heavy atom. The zero-order valence-corrected chi connectivity index (χ0v) is 18.0. The lowest BCUT2D eigenvalue weighted by molar-refractivity contribution is 0.358. The van der Waals surface area contributed by atoms with Gasteiger partial charge in [0.1, 0.15) is 0 Å². The average molecular weight is 357 g/mol. The second-order valence-corrected chi connectivity index (χ2v) is 13.6.